The van der Waals surface area contributed by atoms with Crippen LogP contribution in [0.25, 0.3) is 0 Å². The maximum absolute atomic E-state index is 14.1. The van der Waals surface area contributed by atoms with Crippen LogP contribution in [0.1, 0.15) is 24.0 Å². The Morgan fingerprint density at radius 2 is 1.56 bits per heavy atom. The second-order valence-electron chi connectivity index (χ2n) is 6.93. The summed E-state index contributed by atoms with van der Waals surface area (Å²) in [5.74, 6) is -1.60. The largest absolute Gasteiger partial charge is 0.494 e. The van der Waals surface area contributed by atoms with Gasteiger partial charge in [-0.2, -0.15) is 13.2 Å². The Morgan fingerprint density at radius 3 is 2.19 bits per heavy atom. The number of ether oxygens (including phenoxy) is 3. The topological polar surface area (TPSA) is 27.7 Å². The molecule has 3 rings (SSSR count). The second-order valence-corrected chi connectivity index (χ2v) is 7.37. The zero-order chi connectivity index (χ0) is 23.1. The van der Waals surface area contributed by atoms with Gasteiger partial charge in [-0.1, -0.05) is 29.8 Å². The first-order valence-electron chi connectivity index (χ1n) is 9.85. The third-order valence-electron chi connectivity index (χ3n) is 4.58. The standard InChI is InChI=1S/C24H21ClF4O3/c1-2-31-19-8-4-17(5-9-19)21(24(27,28)29)15-30-14-16-3-12-22(26)23(13-16)32-20-10-6-18(25)7-11-20/h3-13,21H,2,14-15H2,1H3/t21-/m1/s1. The van der Waals surface area contributed by atoms with Crippen molar-refractivity contribution in [3.63, 3.8) is 0 Å². The van der Waals surface area contributed by atoms with E-state index in [1.54, 1.807) is 31.2 Å². The van der Waals surface area contributed by atoms with Crippen molar-refractivity contribution in [1.82, 2.24) is 0 Å². The van der Waals surface area contributed by atoms with Gasteiger partial charge in [0.05, 0.1) is 19.8 Å². The molecule has 0 saturated carbocycles. The van der Waals surface area contributed by atoms with Crippen molar-refractivity contribution in [2.75, 3.05) is 13.2 Å². The van der Waals surface area contributed by atoms with E-state index >= 15 is 0 Å². The molecule has 170 valence electrons. The molecule has 3 aromatic rings. The molecular formula is C24H21ClF4O3. The van der Waals surface area contributed by atoms with Gasteiger partial charge in [0.1, 0.15) is 17.4 Å². The first-order chi connectivity index (χ1) is 15.3. The van der Waals surface area contributed by atoms with Gasteiger partial charge in [-0.05, 0) is 66.6 Å². The molecule has 3 aromatic carbocycles. The molecule has 32 heavy (non-hydrogen) atoms. The number of rotatable bonds is 9. The van der Waals surface area contributed by atoms with E-state index in [4.69, 9.17) is 25.8 Å². The van der Waals surface area contributed by atoms with Gasteiger partial charge in [0.15, 0.2) is 11.6 Å². The summed E-state index contributed by atoms with van der Waals surface area (Å²) in [7, 11) is 0. The molecule has 0 unspecified atom stereocenters. The zero-order valence-corrected chi connectivity index (χ0v) is 17.9. The van der Waals surface area contributed by atoms with Crippen LogP contribution < -0.4 is 9.47 Å². The normalized spacial score (nSPS) is 12.4. The predicted octanol–water partition coefficient (Wildman–Crippen LogP) is 7.53. The van der Waals surface area contributed by atoms with Crippen LogP contribution in [0.4, 0.5) is 17.6 Å². The second kappa shape index (κ2) is 10.7. The van der Waals surface area contributed by atoms with Crippen molar-refractivity contribution in [2.45, 2.75) is 25.6 Å². The molecule has 0 radical (unpaired) electrons. The minimum absolute atomic E-state index is 0.0627. The summed E-state index contributed by atoms with van der Waals surface area (Å²) in [6, 6.07) is 16.1. The Morgan fingerprint density at radius 1 is 0.906 bits per heavy atom. The van der Waals surface area contributed by atoms with Gasteiger partial charge in [-0.25, -0.2) is 4.39 Å². The van der Waals surface area contributed by atoms with Crippen LogP contribution in [-0.2, 0) is 11.3 Å². The van der Waals surface area contributed by atoms with Gasteiger partial charge in [0, 0.05) is 5.02 Å². The van der Waals surface area contributed by atoms with Gasteiger partial charge in [-0.3, -0.25) is 0 Å². The molecule has 0 aliphatic heterocycles. The molecule has 0 spiro atoms. The maximum Gasteiger partial charge on any atom is 0.397 e. The Labute approximate surface area is 188 Å². The molecule has 3 nitrogen and oxygen atoms in total. The van der Waals surface area contributed by atoms with Gasteiger partial charge in [0.2, 0.25) is 0 Å². The summed E-state index contributed by atoms with van der Waals surface area (Å²) in [6.07, 6.45) is -4.49. The number of hydrogen-bond acceptors (Lipinski definition) is 3. The molecule has 0 aliphatic carbocycles. The van der Waals surface area contributed by atoms with Crippen molar-refractivity contribution in [3.8, 4) is 17.2 Å². The van der Waals surface area contributed by atoms with Gasteiger partial charge in [0.25, 0.3) is 0 Å². The lowest BCUT2D eigenvalue weighted by molar-refractivity contribution is -0.163. The van der Waals surface area contributed by atoms with Crippen LogP contribution in [0.15, 0.2) is 66.7 Å². The summed E-state index contributed by atoms with van der Waals surface area (Å²) in [4.78, 5) is 0. The van der Waals surface area contributed by atoms with Crippen molar-refractivity contribution in [2.24, 2.45) is 0 Å². The lowest BCUT2D eigenvalue weighted by Gasteiger charge is -2.21. The highest BCUT2D eigenvalue weighted by Gasteiger charge is 2.40. The Bertz CT molecular complexity index is 1010. The van der Waals surface area contributed by atoms with E-state index in [0.717, 1.165) is 0 Å². The van der Waals surface area contributed by atoms with E-state index in [1.165, 1.54) is 42.5 Å². The zero-order valence-electron chi connectivity index (χ0n) is 17.2. The Balaban J connectivity index is 1.66. The van der Waals surface area contributed by atoms with E-state index in [1.807, 2.05) is 0 Å². The molecule has 0 aromatic heterocycles. The van der Waals surface area contributed by atoms with E-state index < -0.39 is 24.5 Å². The fraction of sp³-hybridized carbons (Fsp3) is 0.250. The average molecular weight is 469 g/mol. The average Bonchev–Trinajstić information content (AvgIpc) is 2.75. The van der Waals surface area contributed by atoms with Gasteiger partial charge in [-0.15, -0.1) is 0 Å². The minimum Gasteiger partial charge on any atom is -0.494 e. The van der Waals surface area contributed by atoms with Crippen LogP contribution in [0.5, 0.6) is 17.2 Å². The SMILES string of the molecule is CCOc1ccc([C@@H](COCc2ccc(F)c(Oc3ccc(Cl)cc3)c2)C(F)(F)F)cc1. The highest BCUT2D eigenvalue weighted by molar-refractivity contribution is 6.30. The minimum atomic E-state index is -4.49. The van der Waals surface area contributed by atoms with Gasteiger partial charge >= 0.3 is 6.18 Å². The van der Waals surface area contributed by atoms with E-state index in [2.05, 4.69) is 0 Å². The summed E-state index contributed by atoms with van der Waals surface area (Å²) >= 11 is 5.82. The monoisotopic (exact) mass is 468 g/mol. The molecule has 0 heterocycles. The molecule has 0 fully saturated rings. The highest BCUT2D eigenvalue weighted by Crippen LogP contribution is 2.36. The Hall–Kier alpha value is -2.77. The molecule has 0 bridgehead atoms. The summed E-state index contributed by atoms with van der Waals surface area (Å²) < 4.78 is 71.0. The molecule has 1 atom stereocenters. The first-order valence-corrected chi connectivity index (χ1v) is 10.2. The molecule has 0 N–H and O–H groups in total. The smallest absolute Gasteiger partial charge is 0.397 e. The lowest BCUT2D eigenvalue weighted by Crippen LogP contribution is -2.25. The van der Waals surface area contributed by atoms with Crippen molar-refractivity contribution < 1.29 is 31.8 Å². The van der Waals surface area contributed by atoms with Gasteiger partial charge < -0.3 is 14.2 Å². The van der Waals surface area contributed by atoms with Crippen LogP contribution in [0.3, 0.4) is 0 Å². The molecule has 8 heteroatoms. The van der Waals surface area contributed by atoms with E-state index in [0.29, 0.717) is 28.7 Å². The van der Waals surface area contributed by atoms with Crippen molar-refractivity contribution >= 4 is 11.6 Å². The number of alkyl halides is 3. The van der Waals surface area contributed by atoms with Crippen LogP contribution >= 0.6 is 11.6 Å². The maximum atomic E-state index is 14.1. The molecule has 0 aliphatic rings. The van der Waals surface area contributed by atoms with Crippen molar-refractivity contribution in [1.29, 1.82) is 0 Å². The molecule has 0 amide bonds. The van der Waals surface area contributed by atoms with Crippen LogP contribution in [0.2, 0.25) is 5.02 Å². The fourth-order valence-electron chi connectivity index (χ4n) is 2.98. The summed E-state index contributed by atoms with van der Waals surface area (Å²) in [5.41, 5.74) is 0.551. The first kappa shape index (κ1) is 23.9. The third-order valence-corrected chi connectivity index (χ3v) is 4.83. The number of halogens is 5. The number of benzene rings is 3. The Kier molecular flexibility index (Phi) is 7.99. The molecule has 0 saturated heterocycles. The predicted molar refractivity (Wildman–Crippen MR) is 114 cm³/mol. The summed E-state index contributed by atoms with van der Waals surface area (Å²) in [6.45, 7) is 1.50. The quantitative estimate of drug-likeness (QED) is 0.304. The summed E-state index contributed by atoms with van der Waals surface area (Å²) in [5, 5.41) is 0.506. The highest BCUT2D eigenvalue weighted by atomic mass is 35.5. The fourth-order valence-corrected chi connectivity index (χ4v) is 3.11. The molecular weight excluding hydrogens is 448 g/mol. The van der Waals surface area contributed by atoms with E-state index in [9.17, 15) is 17.6 Å². The van der Waals surface area contributed by atoms with Crippen LogP contribution in [-0.4, -0.2) is 19.4 Å². The third kappa shape index (κ3) is 6.61. The lowest BCUT2D eigenvalue weighted by atomic mass is 9.99. The number of hydrogen-bond donors (Lipinski definition) is 0. The van der Waals surface area contributed by atoms with E-state index in [-0.39, 0.29) is 17.9 Å². The van der Waals surface area contributed by atoms with Crippen LogP contribution in [0, 0.1) is 5.82 Å². The van der Waals surface area contributed by atoms with Crippen molar-refractivity contribution in [3.05, 3.63) is 88.7 Å².